The third-order valence-electron chi connectivity index (χ3n) is 3.60. The maximum Gasteiger partial charge on any atom is 0.345 e. The second-order valence-electron chi connectivity index (χ2n) is 5.94. The average molecular weight is 308 g/mol. The predicted octanol–water partition coefficient (Wildman–Crippen LogP) is 0.735. The number of hydrogen-bond donors (Lipinski definition) is 2. The normalized spacial score (nSPS) is 15.0. The number of nitrogens with zero attached hydrogens (tertiary/aromatic N) is 4. The molecule has 0 amide bonds. The Kier molecular flexibility index (Phi) is 6.03. The first kappa shape index (κ1) is 16.6. The molecular weight excluding hydrogens is 280 g/mol. The van der Waals surface area contributed by atoms with Crippen molar-refractivity contribution in [2.24, 2.45) is 4.99 Å². The zero-order chi connectivity index (χ0) is 15.9. The molecule has 124 valence electrons. The van der Waals surface area contributed by atoms with Crippen LogP contribution in [0.25, 0.3) is 0 Å². The molecule has 7 heteroatoms. The number of guanidine groups is 1. The average Bonchev–Trinajstić information content (AvgIpc) is 2.80. The molecule has 0 aromatic carbocycles. The number of aliphatic imine (C=N–C) groups is 1. The summed E-state index contributed by atoms with van der Waals surface area (Å²) in [4.78, 5) is 16.7. The Morgan fingerprint density at radius 2 is 2.23 bits per heavy atom. The molecule has 0 radical (unpaired) electrons. The molecule has 2 heterocycles. The summed E-state index contributed by atoms with van der Waals surface area (Å²) in [6.45, 7) is 9.18. The summed E-state index contributed by atoms with van der Waals surface area (Å²) in [6.07, 6.45) is 3.94. The summed E-state index contributed by atoms with van der Waals surface area (Å²) in [6, 6.07) is 0.347. The molecule has 1 aliphatic heterocycles. The lowest BCUT2D eigenvalue weighted by molar-refractivity contribution is 0.509. The van der Waals surface area contributed by atoms with E-state index in [1.165, 1.54) is 0 Å². The molecule has 0 fully saturated rings. The van der Waals surface area contributed by atoms with Crippen molar-refractivity contribution in [2.45, 2.75) is 65.6 Å². The first-order valence-electron chi connectivity index (χ1n) is 8.33. The highest BCUT2D eigenvalue weighted by molar-refractivity contribution is 5.79. The van der Waals surface area contributed by atoms with Crippen LogP contribution in [-0.2, 0) is 19.5 Å². The molecular formula is C15H28N6O. The van der Waals surface area contributed by atoms with Gasteiger partial charge in [-0.05, 0) is 40.0 Å². The zero-order valence-electron chi connectivity index (χ0n) is 13.9. The summed E-state index contributed by atoms with van der Waals surface area (Å²) in [5.41, 5.74) is 0.0332. The smallest absolute Gasteiger partial charge is 0.345 e. The third-order valence-corrected chi connectivity index (χ3v) is 3.60. The molecule has 7 nitrogen and oxygen atoms in total. The van der Waals surface area contributed by atoms with Gasteiger partial charge in [-0.1, -0.05) is 0 Å². The van der Waals surface area contributed by atoms with Crippen LogP contribution in [0.2, 0.25) is 0 Å². The first-order valence-corrected chi connectivity index (χ1v) is 8.33. The van der Waals surface area contributed by atoms with E-state index in [-0.39, 0.29) is 5.69 Å². The maximum absolute atomic E-state index is 12.2. The molecule has 2 N–H and O–H groups in total. The van der Waals surface area contributed by atoms with Crippen LogP contribution in [0.4, 0.5) is 0 Å². The lowest BCUT2D eigenvalue weighted by Gasteiger charge is -2.13. The second kappa shape index (κ2) is 8.00. The quantitative estimate of drug-likeness (QED) is 0.461. The molecule has 0 spiro atoms. The van der Waals surface area contributed by atoms with Gasteiger partial charge in [0.15, 0.2) is 5.96 Å². The Labute approximate surface area is 131 Å². The predicted molar refractivity (Wildman–Crippen MR) is 88.3 cm³/mol. The lowest BCUT2D eigenvalue weighted by atomic mass is 10.2. The molecule has 22 heavy (non-hydrogen) atoms. The first-order chi connectivity index (χ1) is 10.6. The van der Waals surface area contributed by atoms with E-state index in [1.807, 2.05) is 11.5 Å². The van der Waals surface area contributed by atoms with Crippen molar-refractivity contribution in [3.05, 3.63) is 16.3 Å². The molecule has 0 saturated carbocycles. The Morgan fingerprint density at radius 1 is 1.41 bits per heavy atom. The van der Waals surface area contributed by atoms with E-state index in [0.717, 1.165) is 50.6 Å². The molecule has 0 unspecified atom stereocenters. The van der Waals surface area contributed by atoms with Crippen molar-refractivity contribution in [1.29, 1.82) is 0 Å². The van der Waals surface area contributed by atoms with E-state index in [0.29, 0.717) is 19.1 Å². The monoisotopic (exact) mass is 308 g/mol. The minimum absolute atomic E-state index is 0.0332. The Bertz CT molecular complexity index is 557. The fourth-order valence-corrected chi connectivity index (χ4v) is 2.60. The number of aryl methyl sites for hydroxylation is 2. The van der Waals surface area contributed by atoms with Gasteiger partial charge >= 0.3 is 5.69 Å². The van der Waals surface area contributed by atoms with Gasteiger partial charge in [-0.3, -0.25) is 9.56 Å². The Hall–Kier alpha value is -1.79. The van der Waals surface area contributed by atoms with Crippen molar-refractivity contribution in [1.82, 2.24) is 25.0 Å². The molecule has 2 rings (SSSR count). The van der Waals surface area contributed by atoms with Gasteiger partial charge in [-0.15, -0.1) is 0 Å². The van der Waals surface area contributed by atoms with E-state index in [2.05, 4.69) is 34.6 Å². The SMILES string of the molecule is CCNC(=NCCCn1nc2n(c1=O)CCCC2)NC(C)C. The molecule has 1 aliphatic rings. The van der Waals surface area contributed by atoms with E-state index in [4.69, 9.17) is 0 Å². The van der Waals surface area contributed by atoms with Crippen LogP contribution < -0.4 is 16.3 Å². The van der Waals surface area contributed by atoms with Gasteiger partial charge in [-0.2, -0.15) is 5.10 Å². The van der Waals surface area contributed by atoms with Gasteiger partial charge < -0.3 is 10.6 Å². The van der Waals surface area contributed by atoms with Crippen LogP contribution in [0.1, 0.15) is 45.9 Å². The summed E-state index contributed by atoms with van der Waals surface area (Å²) in [7, 11) is 0. The van der Waals surface area contributed by atoms with Crippen molar-refractivity contribution in [3.8, 4) is 0 Å². The number of nitrogens with one attached hydrogen (secondary N) is 2. The van der Waals surface area contributed by atoms with Crippen molar-refractivity contribution in [2.75, 3.05) is 13.1 Å². The number of aromatic nitrogens is 3. The topological polar surface area (TPSA) is 76.2 Å². The lowest BCUT2D eigenvalue weighted by Crippen LogP contribution is -2.41. The zero-order valence-corrected chi connectivity index (χ0v) is 13.9. The number of fused-ring (bicyclic) bond motifs is 1. The highest BCUT2D eigenvalue weighted by Gasteiger charge is 2.15. The molecule has 0 bridgehead atoms. The molecule has 1 aromatic rings. The Balaban J connectivity index is 1.88. The van der Waals surface area contributed by atoms with Gasteiger partial charge in [0.1, 0.15) is 5.82 Å². The van der Waals surface area contributed by atoms with E-state index in [1.54, 1.807) is 4.68 Å². The molecule has 0 aliphatic carbocycles. The van der Waals surface area contributed by atoms with Crippen LogP contribution in [0.5, 0.6) is 0 Å². The van der Waals surface area contributed by atoms with E-state index < -0.39 is 0 Å². The van der Waals surface area contributed by atoms with Gasteiger partial charge in [0.25, 0.3) is 0 Å². The fraction of sp³-hybridized carbons (Fsp3) is 0.800. The molecule has 1 aromatic heterocycles. The highest BCUT2D eigenvalue weighted by atomic mass is 16.2. The summed E-state index contributed by atoms with van der Waals surface area (Å²) < 4.78 is 3.41. The van der Waals surface area contributed by atoms with Crippen LogP contribution >= 0.6 is 0 Å². The van der Waals surface area contributed by atoms with E-state index in [9.17, 15) is 4.79 Å². The van der Waals surface area contributed by atoms with Crippen LogP contribution in [0.3, 0.4) is 0 Å². The van der Waals surface area contributed by atoms with Gasteiger partial charge in [0.2, 0.25) is 0 Å². The van der Waals surface area contributed by atoms with Crippen molar-refractivity contribution in [3.63, 3.8) is 0 Å². The fourth-order valence-electron chi connectivity index (χ4n) is 2.60. The summed E-state index contributed by atoms with van der Waals surface area (Å²) >= 11 is 0. The molecule has 0 atom stereocenters. The van der Waals surface area contributed by atoms with Crippen molar-refractivity contribution < 1.29 is 0 Å². The summed E-state index contributed by atoms with van der Waals surface area (Å²) in [5.74, 6) is 1.77. The van der Waals surface area contributed by atoms with E-state index >= 15 is 0 Å². The minimum Gasteiger partial charge on any atom is -0.357 e. The summed E-state index contributed by atoms with van der Waals surface area (Å²) in [5, 5.41) is 10.9. The maximum atomic E-state index is 12.2. The second-order valence-corrected chi connectivity index (χ2v) is 5.94. The molecule has 0 saturated heterocycles. The van der Waals surface area contributed by atoms with Crippen LogP contribution in [0, 0.1) is 0 Å². The largest absolute Gasteiger partial charge is 0.357 e. The van der Waals surface area contributed by atoms with Gasteiger partial charge in [0.05, 0.1) is 0 Å². The number of hydrogen-bond acceptors (Lipinski definition) is 3. The number of rotatable bonds is 6. The van der Waals surface area contributed by atoms with Gasteiger partial charge in [0, 0.05) is 38.6 Å². The highest BCUT2D eigenvalue weighted by Crippen LogP contribution is 2.09. The van der Waals surface area contributed by atoms with Crippen LogP contribution in [0.15, 0.2) is 9.79 Å². The van der Waals surface area contributed by atoms with Crippen LogP contribution in [-0.4, -0.2) is 39.4 Å². The van der Waals surface area contributed by atoms with Gasteiger partial charge in [-0.25, -0.2) is 9.48 Å². The standard InChI is InChI=1S/C15H28N6O/c1-4-16-14(18-12(2)3)17-9-7-11-21-15(22)20-10-6-5-8-13(20)19-21/h12H,4-11H2,1-3H3,(H2,16,17,18). The minimum atomic E-state index is 0.0332. The third kappa shape index (κ3) is 4.35. The Morgan fingerprint density at radius 3 is 2.91 bits per heavy atom. The van der Waals surface area contributed by atoms with Crippen molar-refractivity contribution >= 4 is 5.96 Å².